The highest BCUT2D eigenvalue weighted by atomic mass is 32.2. The molecule has 0 radical (unpaired) electrons. The molecule has 2 aromatic carbocycles. The third-order valence-corrected chi connectivity index (χ3v) is 6.16. The van der Waals surface area contributed by atoms with Gasteiger partial charge in [-0.25, -0.2) is 12.8 Å². The summed E-state index contributed by atoms with van der Waals surface area (Å²) in [5, 5.41) is 8.91. The minimum atomic E-state index is -3.91. The standard InChI is InChI=1S/C22H20FN3O3S/c1-2-29-20-8-10-21(11-9-20)30(27,28)26(16-19-5-3-4-12-25-19)15-17-6-7-18(14-24)22(23)13-17/h3-13H,2,15-16H2,1H3. The van der Waals surface area contributed by atoms with Crippen LogP contribution >= 0.6 is 0 Å². The molecule has 6 nitrogen and oxygen atoms in total. The first-order valence-corrected chi connectivity index (χ1v) is 10.7. The summed E-state index contributed by atoms with van der Waals surface area (Å²) in [6.07, 6.45) is 1.58. The number of hydrogen-bond acceptors (Lipinski definition) is 5. The van der Waals surface area contributed by atoms with Crippen LogP contribution in [0.25, 0.3) is 0 Å². The second kappa shape index (κ2) is 9.48. The van der Waals surface area contributed by atoms with Gasteiger partial charge in [0.05, 0.1) is 29.3 Å². The maximum absolute atomic E-state index is 14.0. The van der Waals surface area contributed by atoms with E-state index in [9.17, 15) is 12.8 Å². The smallest absolute Gasteiger partial charge is 0.243 e. The van der Waals surface area contributed by atoms with Crippen LogP contribution in [0.4, 0.5) is 4.39 Å². The molecule has 30 heavy (non-hydrogen) atoms. The topological polar surface area (TPSA) is 83.3 Å². The van der Waals surface area contributed by atoms with Crippen LogP contribution in [0.5, 0.6) is 5.75 Å². The van der Waals surface area contributed by atoms with Crippen LogP contribution < -0.4 is 4.74 Å². The molecule has 0 fully saturated rings. The average Bonchev–Trinajstić information content (AvgIpc) is 2.75. The molecule has 0 saturated carbocycles. The number of pyridine rings is 1. The zero-order valence-corrected chi connectivity index (χ0v) is 17.1. The molecule has 0 aliphatic heterocycles. The molecule has 0 aliphatic rings. The largest absolute Gasteiger partial charge is 0.494 e. The lowest BCUT2D eigenvalue weighted by molar-refractivity contribution is 0.340. The average molecular weight is 425 g/mol. The van der Waals surface area contributed by atoms with E-state index in [2.05, 4.69) is 4.98 Å². The van der Waals surface area contributed by atoms with Crippen molar-refractivity contribution in [2.24, 2.45) is 0 Å². The van der Waals surface area contributed by atoms with Crippen molar-refractivity contribution in [3.63, 3.8) is 0 Å². The van der Waals surface area contributed by atoms with Gasteiger partial charge in [-0.15, -0.1) is 0 Å². The van der Waals surface area contributed by atoms with Gasteiger partial charge < -0.3 is 4.74 Å². The van der Waals surface area contributed by atoms with E-state index < -0.39 is 15.8 Å². The predicted octanol–water partition coefficient (Wildman–Crippen LogP) is 3.88. The van der Waals surface area contributed by atoms with Gasteiger partial charge in [0.15, 0.2) is 0 Å². The maximum Gasteiger partial charge on any atom is 0.243 e. The lowest BCUT2D eigenvalue weighted by Crippen LogP contribution is -2.30. The Kier molecular flexibility index (Phi) is 6.77. The van der Waals surface area contributed by atoms with Gasteiger partial charge in [0, 0.05) is 12.7 Å². The van der Waals surface area contributed by atoms with Crippen molar-refractivity contribution >= 4 is 10.0 Å². The van der Waals surface area contributed by atoms with Crippen molar-refractivity contribution in [1.29, 1.82) is 5.26 Å². The minimum Gasteiger partial charge on any atom is -0.494 e. The van der Waals surface area contributed by atoms with Gasteiger partial charge in [0.1, 0.15) is 17.6 Å². The molecule has 0 N–H and O–H groups in total. The first kappa shape index (κ1) is 21.4. The summed E-state index contributed by atoms with van der Waals surface area (Å²) in [5.41, 5.74) is 0.891. The molecule has 0 atom stereocenters. The number of aromatic nitrogens is 1. The molecular formula is C22H20FN3O3S. The summed E-state index contributed by atoms with van der Waals surface area (Å²) in [4.78, 5) is 4.30. The molecule has 0 unspecified atom stereocenters. The summed E-state index contributed by atoms with van der Waals surface area (Å²) in [6, 6.07) is 17.2. The lowest BCUT2D eigenvalue weighted by Gasteiger charge is -2.22. The van der Waals surface area contributed by atoms with Gasteiger partial charge in [-0.3, -0.25) is 4.98 Å². The van der Waals surface area contributed by atoms with Crippen LogP contribution in [0.15, 0.2) is 71.8 Å². The number of benzene rings is 2. The number of ether oxygens (including phenoxy) is 1. The van der Waals surface area contributed by atoms with Crippen LogP contribution in [0.3, 0.4) is 0 Å². The number of halogens is 1. The fourth-order valence-corrected chi connectivity index (χ4v) is 4.27. The highest BCUT2D eigenvalue weighted by Crippen LogP contribution is 2.23. The molecule has 0 amide bonds. The van der Waals surface area contributed by atoms with Crippen LogP contribution in [0, 0.1) is 17.1 Å². The number of sulfonamides is 1. The summed E-state index contributed by atoms with van der Waals surface area (Å²) in [7, 11) is -3.91. The van der Waals surface area contributed by atoms with Crippen LogP contribution in [0.2, 0.25) is 0 Å². The predicted molar refractivity (Wildman–Crippen MR) is 109 cm³/mol. The molecule has 0 spiro atoms. The normalized spacial score (nSPS) is 11.3. The third kappa shape index (κ3) is 5.00. The molecule has 1 heterocycles. The number of rotatable bonds is 8. The maximum atomic E-state index is 14.0. The summed E-state index contributed by atoms with van der Waals surface area (Å²) < 4.78 is 47.3. The fourth-order valence-electron chi connectivity index (χ4n) is 2.87. The molecule has 0 saturated heterocycles. The molecule has 154 valence electrons. The second-order valence-electron chi connectivity index (χ2n) is 6.42. The van der Waals surface area contributed by atoms with Gasteiger partial charge in [-0.05, 0) is 61.0 Å². The van der Waals surface area contributed by atoms with Crippen molar-refractivity contribution in [3.05, 3.63) is 89.5 Å². The molecule has 0 bridgehead atoms. The van der Waals surface area contributed by atoms with Gasteiger partial charge >= 0.3 is 0 Å². The van der Waals surface area contributed by atoms with Crippen LogP contribution in [0.1, 0.15) is 23.7 Å². The zero-order valence-electron chi connectivity index (χ0n) is 16.3. The number of hydrogen-bond donors (Lipinski definition) is 0. The molecule has 0 aliphatic carbocycles. The number of nitriles is 1. The second-order valence-corrected chi connectivity index (χ2v) is 8.36. The quantitative estimate of drug-likeness (QED) is 0.547. The number of nitrogens with zero attached hydrogens (tertiary/aromatic N) is 3. The van der Waals surface area contributed by atoms with Crippen LogP contribution in [-0.2, 0) is 23.1 Å². The Morgan fingerprint density at radius 1 is 1.10 bits per heavy atom. The summed E-state index contributed by atoms with van der Waals surface area (Å²) >= 11 is 0. The van der Waals surface area contributed by atoms with Crippen molar-refractivity contribution in [2.45, 2.75) is 24.9 Å². The first-order chi connectivity index (χ1) is 14.4. The Labute approximate surface area is 175 Å². The minimum absolute atomic E-state index is 0.0119. The van der Waals surface area contributed by atoms with Crippen molar-refractivity contribution < 1.29 is 17.5 Å². The van der Waals surface area contributed by atoms with Crippen molar-refractivity contribution in [3.8, 4) is 11.8 Å². The molecule has 8 heteroatoms. The van der Waals surface area contributed by atoms with E-state index >= 15 is 0 Å². The highest BCUT2D eigenvalue weighted by molar-refractivity contribution is 7.89. The van der Waals surface area contributed by atoms with Gasteiger partial charge in [0.2, 0.25) is 10.0 Å². The van der Waals surface area contributed by atoms with E-state index in [4.69, 9.17) is 10.00 Å². The Bertz CT molecular complexity index is 1140. The lowest BCUT2D eigenvalue weighted by atomic mass is 10.1. The van der Waals surface area contributed by atoms with E-state index in [1.165, 1.54) is 28.6 Å². The fraction of sp³-hybridized carbons (Fsp3) is 0.182. The van der Waals surface area contributed by atoms with Crippen LogP contribution in [-0.4, -0.2) is 24.3 Å². The Morgan fingerprint density at radius 3 is 2.47 bits per heavy atom. The van der Waals surface area contributed by atoms with E-state index in [0.29, 0.717) is 23.6 Å². The monoisotopic (exact) mass is 425 g/mol. The van der Waals surface area contributed by atoms with Crippen molar-refractivity contribution in [2.75, 3.05) is 6.61 Å². The third-order valence-electron chi connectivity index (χ3n) is 4.35. The van der Waals surface area contributed by atoms with E-state index in [1.807, 2.05) is 6.92 Å². The first-order valence-electron chi connectivity index (χ1n) is 9.25. The van der Waals surface area contributed by atoms with E-state index in [0.717, 1.165) is 0 Å². The molecule has 3 rings (SSSR count). The van der Waals surface area contributed by atoms with Gasteiger partial charge in [-0.1, -0.05) is 12.1 Å². The highest BCUT2D eigenvalue weighted by Gasteiger charge is 2.26. The SMILES string of the molecule is CCOc1ccc(S(=O)(=O)N(Cc2ccc(C#N)c(F)c2)Cc2ccccn2)cc1. The summed E-state index contributed by atoms with van der Waals surface area (Å²) in [5.74, 6) is -0.117. The Hall–Kier alpha value is -3.28. The molecule has 1 aromatic heterocycles. The zero-order chi connectivity index (χ0) is 21.6. The van der Waals surface area contributed by atoms with Gasteiger partial charge in [0.25, 0.3) is 0 Å². The Balaban J connectivity index is 1.95. The molecule has 3 aromatic rings. The van der Waals surface area contributed by atoms with Gasteiger partial charge in [-0.2, -0.15) is 9.57 Å². The molecular weight excluding hydrogens is 405 g/mol. The van der Waals surface area contributed by atoms with E-state index in [-0.39, 0.29) is 23.5 Å². The van der Waals surface area contributed by atoms with Crippen molar-refractivity contribution in [1.82, 2.24) is 9.29 Å². The summed E-state index contributed by atoms with van der Waals surface area (Å²) in [6.45, 7) is 2.25. The Morgan fingerprint density at radius 2 is 1.87 bits per heavy atom. The van der Waals surface area contributed by atoms with E-state index in [1.54, 1.807) is 48.7 Å².